The number of hydrogen-bond acceptors (Lipinski definition) is 9. The van der Waals surface area contributed by atoms with Gasteiger partial charge in [0.15, 0.2) is 11.6 Å². The van der Waals surface area contributed by atoms with Gasteiger partial charge in [-0.2, -0.15) is 0 Å². The van der Waals surface area contributed by atoms with Crippen LogP contribution in [-0.4, -0.2) is 83.0 Å². The van der Waals surface area contributed by atoms with Crippen LogP contribution in [0.15, 0.2) is 48.7 Å². The number of anilines is 1. The Balaban J connectivity index is 1.15. The van der Waals surface area contributed by atoms with Gasteiger partial charge in [0.1, 0.15) is 11.1 Å². The number of aromatic nitrogens is 3. The lowest BCUT2D eigenvalue weighted by Crippen LogP contribution is -2.40. The fourth-order valence-electron chi connectivity index (χ4n) is 5.78. The van der Waals surface area contributed by atoms with E-state index in [0.717, 1.165) is 20.7 Å². The molecule has 0 saturated carbocycles. The van der Waals surface area contributed by atoms with Crippen molar-refractivity contribution in [2.24, 2.45) is 0 Å². The number of benzene rings is 3. The molecular weight excluding hydrogens is 601 g/mol. The van der Waals surface area contributed by atoms with Crippen LogP contribution >= 0.6 is 11.3 Å². The number of fused-ring (bicyclic) bond motifs is 4. The van der Waals surface area contributed by atoms with Crippen molar-refractivity contribution >= 4 is 50.3 Å². The molecule has 0 aliphatic carbocycles. The van der Waals surface area contributed by atoms with E-state index in [0.29, 0.717) is 77.0 Å². The predicted octanol–water partition coefficient (Wildman–Crippen LogP) is 5.32. The van der Waals surface area contributed by atoms with Crippen LogP contribution in [0.3, 0.4) is 0 Å². The average molecular weight is 630 g/mol. The molecule has 2 aliphatic heterocycles. The summed E-state index contributed by atoms with van der Waals surface area (Å²) in [5, 5.41) is 10.7. The number of methoxy groups -OCH3 is 1. The van der Waals surface area contributed by atoms with Gasteiger partial charge in [-0.3, -0.25) is 9.69 Å². The third-order valence-electron chi connectivity index (χ3n) is 7.95. The van der Waals surface area contributed by atoms with Crippen molar-refractivity contribution in [3.05, 3.63) is 71.2 Å². The van der Waals surface area contributed by atoms with Crippen LogP contribution in [0, 0.1) is 12.7 Å². The van der Waals surface area contributed by atoms with E-state index in [4.69, 9.17) is 19.2 Å². The Morgan fingerprint density at radius 3 is 2.64 bits per heavy atom. The smallest absolute Gasteiger partial charge is 0.411 e. The molecule has 1 fully saturated rings. The third kappa shape index (κ3) is 5.38. The number of aryl methyl sites for hydroxylation is 1. The van der Waals surface area contributed by atoms with Gasteiger partial charge in [0, 0.05) is 48.0 Å². The first-order valence-electron chi connectivity index (χ1n) is 14.4. The first kappa shape index (κ1) is 28.9. The first-order valence-corrected chi connectivity index (χ1v) is 15.2. The molecule has 0 bridgehead atoms. The molecule has 1 saturated heterocycles. The van der Waals surface area contributed by atoms with Gasteiger partial charge in [-0.15, -0.1) is 11.3 Å². The molecular formula is C32H28FN5O6S. The average Bonchev–Trinajstić information content (AvgIpc) is 3.68. The number of carbonyl (C=O) groups is 2. The van der Waals surface area contributed by atoms with E-state index in [-0.39, 0.29) is 18.2 Å². The molecule has 13 heteroatoms. The van der Waals surface area contributed by atoms with Crippen LogP contribution < -0.4 is 14.4 Å². The lowest BCUT2D eigenvalue weighted by Gasteiger charge is -2.27. The lowest BCUT2D eigenvalue weighted by atomic mass is 10.1. The Morgan fingerprint density at radius 2 is 1.91 bits per heavy atom. The van der Waals surface area contributed by atoms with Gasteiger partial charge < -0.3 is 24.2 Å². The van der Waals surface area contributed by atoms with Crippen LogP contribution in [0.25, 0.3) is 31.8 Å². The molecule has 1 N–H and O–H groups in total. The number of carbonyl (C=O) groups excluding carboxylic acids is 1. The molecule has 0 spiro atoms. The second-order valence-electron chi connectivity index (χ2n) is 10.9. The molecule has 2 aromatic heterocycles. The number of thiazole rings is 1. The van der Waals surface area contributed by atoms with Crippen molar-refractivity contribution < 1.29 is 33.3 Å². The molecule has 11 nitrogen and oxygen atoms in total. The minimum Gasteiger partial charge on any atom is -0.485 e. The molecule has 1 atom stereocenters. The second-order valence-corrected chi connectivity index (χ2v) is 11.9. The number of rotatable bonds is 6. The maximum absolute atomic E-state index is 15.3. The minimum absolute atomic E-state index is 0.0344. The second kappa shape index (κ2) is 11.6. The van der Waals surface area contributed by atoms with Gasteiger partial charge in [-0.05, 0) is 48.9 Å². The van der Waals surface area contributed by atoms with Crippen LogP contribution in [-0.2, 0) is 11.2 Å². The summed E-state index contributed by atoms with van der Waals surface area (Å²) in [6.07, 6.45) is 0.0356. The Labute approximate surface area is 260 Å². The van der Waals surface area contributed by atoms with Gasteiger partial charge in [0.2, 0.25) is 5.88 Å². The number of halogens is 1. The zero-order valence-electron chi connectivity index (χ0n) is 24.4. The molecule has 3 aromatic carbocycles. The fraction of sp³-hybridized carbons (Fsp3) is 0.281. The van der Waals surface area contributed by atoms with Crippen molar-refractivity contribution in [1.82, 2.24) is 19.9 Å². The fourth-order valence-corrected chi connectivity index (χ4v) is 6.90. The van der Waals surface area contributed by atoms with E-state index >= 15 is 4.39 Å². The molecule has 2 amide bonds. The summed E-state index contributed by atoms with van der Waals surface area (Å²) in [5.41, 5.74) is 5.05. The van der Waals surface area contributed by atoms with Crippen LogP contribution in [0.5, 0.6) is 11.6 Å². The molecule has 45 heavy (non-hydrogen) atoms. The summed E-state index contributed by atoms with van der Waals surface area (Å²) in [4.78, 5) is 41.8. The Kier molecular flexibility index (Phi) is 7.42. The molecule has 2 aliphatic rings. The van der Waals surface area contributed by atoms with Gasteiger partial charge >= 0.3 is 6.09 Å². The van der Waals surface area contributed by atoms with Crippen molar-refractivity contribution in [3.8, 4) is 22.2 Å². The van der Waals surface area contributed by atoms with E-state index < -0.39 is 18.0 Å². The Bertz CT molecular complexity index is 1960. The van der Waals surface area contributed by atoms with E-state index in [1.807, 2.05) is 19.1 Å². The summed E-state index contributed by atoms with van der Waals surface area (Å²) in [6, 6.07) is 11.7. The van der Waals surface area contributed by atoms with Crippen molar-refractivity contribution in [2.75, 3.05) is 44.9 Å². The predicted molar refractivity (Wildman–Crippen MR) is 166 cm³/mol. The summed E-state index contributed by atoms with van der Waals surface area (Å²) in [6.45, 7) is 3.92. The van der Waals surface area contributed by atoms with E-state index in [9.17, 15) is 14.7 Å². The molecule has 0 radical (unpaired) electrons. The monoisotopic (exact) mass is 629 g/mol. The van der Waals surface area contributed by atoms with E-state index in [1.54, 1.807) is 35.4 Å². The molecule has 4 heterocycles. The molecule has 230 valence electrons. The molecule has 7 rings (SSSR count). The summed E-state index contributed by atoms with van der Waals surface area (Å²) < 4.78 is 32.7. The number of morpholine rings is 1. The quantitative estimate of drug-likeness (QED) is 0.265. The SMILES string of the molecule is COc1cnc2c(-c3nc4cc(F)c5c(c4s3)C[C@H](CN(C(=O)O)c3ccc(C(=O)N4CCOCC4)cc3)O5)cc(C)cc2n1. The van der Waals surface area contributed by atoms with E-state index in [2.05, 4.69) is 9.97 Å². The maximum atomic E-state index is 15.3. The molecule has 5 aromatic rings. The topological polar surface area (TPSA) is 127 Å². The first-order chi connectivity index (χ1) is 21.8. The van der Waals surface area contributed by atoms with Crippen LogP contribution in [0.4, 0.5) is 14.9 Å². The van der Waals surface area contributed by atoms with Crippen molar-refractivity contribution in [3.63, 3.8) is 0 Å². The Hall–Kier alpha value is -4.88. The highest BCUT2D eigenvalue weighted by Gasteiger charge is 2.33. The highest BCUT2D eigenvalue weighted by molar-refractivity contribution is 7.22. The zero-order chi connectivity index (χ0) is 31.2. The molecule has 0 unspecified atom stereocenters. The number of nitrogens with zero attached hydrogens (tertiary/aromatic N) is 5. The standard InChI is InChI=1S/C32H28FN5O6S/c1-17-11-21(27-24(12-17)35-26(42-2)15-34-27)30-36-25-14-23(33)28-22(29(25)45-30)13-20(44-28)16-38(32(40)41)19-5-3-18(4-6-19)31(39)37-7-9-43-10-8-37/h3-6,11-12,14-15,20H,7-10,13,16H2,1-2H3,(H,40,41)/t20-/m1/s1. The van der Waals surface area contributed by atoms with Crippen molar-refractivity contribution in [2.45, 2.75) is 19.4 Å². The third-order valence-corrected chi connectivity index (χ3v) is 9.11. The summed E-state index contributed by atoms with van der Waals surface area (Å²) in [5.74, 6) is -0.170. The van der Waals surface area contributed by atoms with Crippen LogP contribution in [0.2, 0.25) is 0 Å². The highest BCUT2D eigenvalue weighted by Crippen LogP contribution is 2.43. The Morgan fingerprint density at radius 1 is 1.13 bits per heavy atom. The maximum Gasteiger partial charge on any atom is 0.411 e. The number of amides is 2. The van der Waals surface area contributed by atoms with Crippen molar-refractivity contribution in [1.29, 1.82) is 0 Å². The number of carboxylic acid groups (broad SMARTS) is 1. The lowest BCUT2D eigenvalue weighted by molar-refractivity contribution is 0.0303. The zero-order valence-corrected chi connectivity index (χ0v) is 25.3. The van der Waals surface area contributed by atoms with Gasteiger partial charge in [-0.1, -0.05) is 0 Å². The summed E-state index contributed by atoms with van der Waals surface area (Å²) in [7, 11) is 1.53. The normalized spacial score (nSPS) is 16.1. The minimum atomic E-state index is -1.18. The van der Waals surface area contributed by atoms with Gasteiger partial charge in [-0.25, -0.2) is 24.1 Å². The van der Waals surface area contributed by atoms with Crippen LogP contribution in [0.1, 0.15) is 21.5 Å². The highest BCUT2D eigenvalue weighted by atomic mass is 32.1. The van der Waals surface area contributed by atoms with E-state index in [1.165, 1.54) is 24.5 Å². The summed E-state index contributed by atoms with van der Waals surface area (Å²) >= 11 is 1.41. The number of hydrogen-bond donors (Lipinski definition) is 1. The largest absolute Gasteiger partial charge is 0.485 e. The van der Waals surface area contributed by atoms with Gasteiger partial charge in [0.05, 0.1) is 54.3 Å². The number of ether oxygens (including phenoxy) is 3. The van der Waals surface area contributed by atoms with Gasteiger partial charge in [0.25, 0.3) is 5.91 Å².